The van der Waals surface area contributed by atoms with Crippen LogP contribution in [0.3, 0.4) is 0 Å². The Balaban J connectivity index is 1.27. The lowest BCUT2D eigenvalue weighted by Gasteiger charge is -2.20. The fourth-order valence-corrected chi connectivity index (χ4v) is 4.94. The molecule has 0 N–H and O–H groups in total. The molecule has 1 amide bonds. The highest BCUT2D eigenvalue weighted by Crippen LogP contribution is 2.32. The normalized spacial score (nSPS) is 15.1. The number of carbonyl (C=O) groups is 1. The molecule has 0 saturated carbocycles. The minimum atomic E-state index is -4.74. The van der Waals surface area contributed by atoms with Crippen LogP contribution in [0, 0.1) is 13.8 Å². The van der Waals surface area contributed by atoms with Crippen LogP contribution in [0.15, 0.2) is 89.3 Å². The van der Waals surface area contributed by atoms with E-state index in [4.69, 9.17) is 0 Å². The Kier molecular flexibility index (Phi) is 7.25. The van der Waals surface area contributed by atoms with E-state index in [2.05, 4.69) is 20.0 Å². The van der Waals surface area contributed by atoms with Crippen molar-refractivity contribution >= 4 is 34.7 Å². The molecule has 0 unspecified atom stereocenters. The number of alkyl halides is 3. The average Bonchev–Trinajstić information content (AvgIpc) is 3.52. The van der Waals surface area contributed by atoms with Gasteiger partial charge in [0.2, 0.25) is 5.91 Å². The van der Waals surface area contributed by atoms with Crippen molar-refractivity contribution in [2.75, 3.05) is 10.7 Å². The van der Waals surface area contributed by atoms with Crippen LogP contribution in [0.1, 0.15) is 16.7 Å². The SMILES string of the molecule is Cc1cccc(C)c1N1C(=O)CS/C1=N\N=C\c1ccc(-c2cnn(-c3ccc(OC(F)(F)F)cc3)c2)cc1. The molecule has 1 aliphatic heterocycles. The Morgan fingerprint density at radius 3 is 2.33 bits per heavy atom. The zero-order valence-electron chi connectivity index (χ0n) is 20.9. The fraction of sp³-hybridized carbons (Fsp3) is 0.143. The van der Waals surface area contributed by atoms with Crippen molar-refractivity contribution in [3.63, 3.8) is 0 Å². The molecular formula is C28H22F3N5O2S. The third-order valence-electron chi connectivity index (χ3n) is 5.94. The highest BCUT2D eigenvalue weighted by atomic mass is 32.2. The largest absolute Gasteiger partial charge is 0.573 e. The summed E-state index contributed by atoms with van der Waals surface area (Å²) in [6, 6.07) is 19.0. The number of halogens is 3. The van der Waals surface area contributed by atoms with Gasteiger partial charge in [-0.3, -0.25) is 9.69 Å². The van der Waals surface area contributed by atoms with Crippen LogP contribution in [-0.4, -0.2) is 39.2 Å². The molecule has 1 saturated heterocycles. The molecule has 0 radical (unpaired) electrons. The van der Waals surface area contributed by atoms with Gasteiger partial charge >= 0.3 is 6.36 Å². The first-order valence-electron chi connectivity index (χ1n) is 11.8. The van der Waals surface area contributed by atoms with E-state index in [9.17, 15) is 18.0 Å². The Morgan fingerprint density at radius 2 is 1.67 bits per heavy atom. The Morgan fingerprint density at radius 1 is 0.974 bits per heavy atom. The Labute approximate surface area is 226 Å². The predicted molar refractivity (Wildman–Crippen MR) is 147 cm³/mol. The maximum Gasteiger partial charge on any atom is 0.573 e. The van der Waals surface area contributed by atoms with Gasteiger partial charge in [-0.05, 0) is 60.4 Å². The Bertz CT molecular complexity index is 1540. The molecule has 5 rings (SSSR count). The predicted octanol–water partition coefficient (Wildman–Crippen LogP) is 6.52. The number of amidine groups is 1. The molecule has 0 spiro atoms. The number of hydrogen-bond donors (Lipinski definition) is 0. The number of aromatic nitrogens is 2. The molecule has 39 heavy (non-hydrogen) atoms. The number of para-hydroxylation sites is 1. The molecule has 2 heterocycles. The number of rotatable bonds is 6. The summed E-state index contributed by atoms with van der Waals surface area (Å²) in [6.07, 6.45) is 0.341. The van der Waals surface area contributed by atoms with Gasteiger partial charge in [0.25, 0.3) is 0 Å². The minimum Gasteiger partial charge on any atom is -0.406 e. The van der Waals surface area contributed by atoms with Crippen molar-refractivity contribution in [3.8, 4) is 22.6 Å². The van der Waals surface area contributed by atoms with E-state index in [1.165, 1.54) is 36.0 Å². The van der Waals surface area contributed by atoms with Gasteiger partial charge in [-0.1, -0.05) is 54.2 Å². The van der Waals surface area contributed by atoms with Crippen molar-refractivity contribution in [3.05, 3.63) is 95.8 Å². The molecule has 11 heteroatoms. The second kappa shape index (κ2) is 10.8. The highest BCUT2D eigenvalue weighted by molar-refractivity contribution is 8.15. The second-order valence-corrected chi connectivity index (χ2v) is 9.67. The van der Waals surface area contributed by atoms with E-state index in [0.29, 0.717) is 16.6 Å². The van der Waals surface area contributed by atoms with Crippen LogP contribution < -0.4 is 9.64 Å². The summed E-state index contributed by atoms with van der Waals surface area (Å²) in [4.78, 5) is 14.2. The number of nitrogens with zero attached hydrogens (tertiary/aromatic N) is 5. The van der Waals surface area contributed by atoms with E-state index in [0.717, 1.165) is 33.5 Å². The molecule has 0 atom stereocenters. The van der Waals surface area contributed by atoms with Crippen LogP contribution >= 0.6 is 11.8 Å². The van der Waals surface area contributed by atoms with Crippen LogP contribution in [0.5, 0.6) is 5.75 Å². The maximum absolute atomic E-state index is 12.6. The van der Waals surface area contributed by atoms with Crippen molar-refractivity contribution < 1.29 is 22.7 Å². The number of benzene rings is 3. The number of thioether (sulfide) groups is 1. The molecule has 0 bridgehead atoms. The van der Waals surface area contributed by atoms with Crippen molar-refractivity contribution in [1.29, 1.82) is 0 Å². The van der Waals surface area contributed by atoms with E-state index < -0.39 is 6.36 Å². The monoisotopic (exact) mass is 549 g/mol. The topological polar surface area (TPSA) is 72.1 Å². The van der Waals surface area contributed by atoms with Gasteiger partial charge in [0.1, 0.15) is 5.75 Å². The fourth-order valence-electron chi connectivity index (χ4n) is 4.13. The summed E-state index contributed by atoms with van der Waals surface area (Å²) in [7, 11) is 0. The lowest BCUT2D eigenvalue weighted by Crippen LogP contribution is -2.30. The van der Waals surface area contributed by atoms with Crippen molar-refractivity contribution in [2.45, 2.75) is 20.2 Å². The standard InChI is InChI=1S/C28H22F3N5O2S/c1-18-4-3-5-19(2)26(18)36-25(37)17-39-27(36)34-32-14-20-6-8-21(9-7-20)22-15-33-35(16-22)23-10-12-24(13-11-23)38-28(29,30)31/h3-16H,17H2,1-2H3/b32-14+,34-27-. The zero-order chi connectivity index (χ0) is 27.6. The van der Waals surface area contributed by atoms with Crippen LogP contribution in [0.2, 0.25) is 0 Å². The third-order valence-corrected chi connectivity index (χ3v) is 6.85. The number of anilines is 1. The minimum absolute atomic E-state index is 0.0261. The van der Waals surface area contributed by atoms with Gasteiger partial charge in [-0.25, -0.2) is 4.68 Å². The van der Waals surface area contributed by atoms with E-state index in [1.807, 2.05) is 56.3 Å². The lowest BCUT2D eigenvalue weighted by molar-refractivity contribution is -0.274. The molecule has 1 aliphatic rings. The van der Waals surface area contributed by atoms with E-state index in [1.54, 1.807) is 28.2 Å². The van der Waals surface area contributed by atoms with Crippen LogP contribution in [0.4, 0.5) is 18.9 Å². The first-order chi connectivity index (χ1) is 18.7. The summed E-state index contributed by atoms with van der Waals surface area (Å²) in [6.45, 7) is 3.93. The third kappa shape index (κ3) is 6.04. The maximum atomic E-state index is 12.6. The number of amides is 1. The highest BCUT2D eigenvalue weighted by Gasteiger charge is 2.32. The summed E-state index contributed by atoms with van der Waals surface area (Å²) >= 11 is 1.36. The van der Waals surface area contributed by atoms with Gasteiger partial charge in [-0.2, -0.15) is 10.2 Å². The molecule has 4 aromatic rings. The van der Waals surface area contributed by atoms with Crippen molar-refractivity contribution in [2.24, 2.45) is 10.2 Å². The second-order valence-electron chi connectivity index (χ2n) is 8.72. The first kappa shape index (κ1) is 26.2. The summed E-state index contributed by atoms with van der Waals surface area (Å²) < 4.78 is 42.6. The van der Waals surface area contributed by atoms with Gasteiger partial charge in [-0.15, -0.1) is 18.3 Å². The summed E-state index contributed by atoms with van der Waals surface area (Å²) in [5.41, 5.74) is 5.99. The van der Waals surface area contributed by atoms with Crippen LogP contribution in [0.25, 0.3) is 16.8 Å². The molecule has 7 nitrogen and oxygen atoms in total. The molecule has 1 fully saturated rings. The van der Waals surface area contributed by atoms with E-state index >= 15 is 0 Å². The number of hydrogen-bond acceptors (Lipinski definition) is 6. The van der Waals surface area contributed by atoms with Gasteiger partial charge in [0.15, 0.2) is 5.17 Å². The first-order valence-corrected chi connectivity index (χ1v) is 12.8. The molecular weight excluding hydrogens is 527 g/mol. The van der Waals surface area contributed by atoms with Gasteiger partial charge in [0, 0.05) is 11.8 Å². The number of aryl methyl sites for hydroxylation is 2. The smallest absolute Gasteiger partial charge is 0.406 e. The summed E-state index contributed by atoms with van der Waals surface area (Å²) in [5.74, 6) is -0.00493. The van der Waals surface area contributed by atoms with Gasteiger partial charge in [0.05, 0.1) is 29.5 Å². The summed E-state index contributed by atoms with van der Waals surface area (Å²) in [5, 5.41) is 13.4. The van der Waals surface area contributed by atoms with Crippen LogP contribution in [-0.2, 0) is 4.79 Å². The average molecular weight is 550 g/mol. The molecule has 198 valence electrons. The quantitative estimate of drug-likeness (QED) is 0.203. The number of ether oxygens (including phenoxy) is 1. The number of carbonyl (C=O) groups excluding carboxylic acids is 1. The lowest BCUT2D eigenvalue weighted by atomic mass is 10.1. The molecule has 0 aliphatic carbocycles. The molecule has 1 aromatic heterocycles. The van der Waals surface area contributed by atoms with Gasteiger partial charge < -0.3 is 4.74 Å². The van der Waals surface area contributed by atoms with Crippen molar-refractivity contribution in [1.82, 2.24) is 9.78 Å². The zero-order valence-corrected chi connectivity index (χ0v) is 21.7. The Hall–Kier alpha value is -4.38. The molecule has 3 aromatic carbocycles. The van der Waals surface area contributed by atoms with E-state index in [-0.39, 0.29) is 11.7 Å².